The maximum atomic E-state index is 12.2. The lowest BCUT2D eigenvalue weighted by Gasteiger charge is -2.20. The van der Waals surface area contributed by atoms with E-state index in [0.29, 0.717) is 6.42 Å². The number of aliphatic hydroxyl groups is 1. The topological polar surface area (TPSA) is 75.2 Å². The Bertz CT molecular complexity index is 907. The van der Waals surface area contributed by atoms with Crippen molar-refractivity contribution >= 4 is 28.5 Å². The molecule has 0 aliphatic carbocycles. The highest BCUT2D eigenvalue weighted by Gasteiger charge is 2.22. The molecule has 0 unspecified atom stereocenters. The van der Waals surface area contributed by atoms with Crippen LogP contribution < -0.4 is 0 Å². The van der Waals surface area contributed by atoms with Crippen molar-refractivity contribution in [1.82, 2.24) is 9.97 Å². The third kappa shape index (κ3) is 5.11. The third-order valence-corrected chi connectivity index (χ3v) is 5.39. The predicted molar refractivity (Wildman–Crippen MR) is 108 cm³/mol. The standard InChI is InChI=1S/C21H24N2O3S/c1-3-20-22-13-18(23-20)21(25)26-19(14(2)24)10-11-27-17-9-8-15-6-4-5-7-16(15)12-17/h4-9,12-14,19,24H,3,10-11H2,1-2H3,(H,22,23)/t14-,19+/m0/s1. The van der Waals surface area contributed by atoms with Crippen LogP contribution in [0.3, 0.4) is 0 Å². The minimum absolute atomic E-state index is 0.250. The van der Waals surface area contributed by atoms with Crippen LogP contribution in [-0.2, 0) is 11.2 Å². The molecule has 5 nitrogen and oxygen atoms in total. The summed E-state index contributed by atoms with van der Waals surface area (Å²) in [5.74, 6) is 0.970. The largest absolute Gasteiger partial charge is 0.455 e. The van der Waals surface area contributed by atoms with Gasteiger partial charge in [-0.15, -0.1) is 11.8 Å². The fourth-order valence-electron chi connectivity index (χ4n) is 2.79. The van der Waals surface area contributed by atoms with E-state index in [9.17, 15) is 9.90 Å². The van der Waals surface area contributed by atoms with E-state index in [1.807, 2.05) is 19.1 Å². The van der Waals surface area contributed by atoms with Gasteiger partial charge in [-0.05, 0) is 36.2 Å². The number of rotatable bonds is 8. The number of nitrogens with zero attached hydrogens (tertiary/aromatic N) is 1. The molecule has 2 N–H and O–H groups in total. The van der Waals surface area contributed by atoms with Gasteiger partial charge >= 0.3 is 5.97 Å². The van der Waals surface area contributed by atoms with Crippen molar-refractivity contribution in [1.29, 1.82) is 0 Å². The molecule has 0 radical (unpaired) electrons. The number of hydrogen-bond donors (Lipinski definition) is 2. The Morgan fingerprint density at radius 1 is 1.26 bits per heavy atom. The molecule has 2 atom stereocenters. The Labute approximate surface area is 163 Å². The molecular weight excluding hydrogens is 360 g/mol. The molecule has 6 heteroatoms. The van der Waals surface area contributed by atoms with Crippen LogP contribution in [-0.4, -0.2) is 39.0 Å². The van der Waals surface area contributed by atoms with Crippen molar-refractivity contribution in [2.75, 3.05) is 5.75 Å². The molecule has 0 spiro atoms. The van der Waals surface area contributed by atoms with E-state index in [1.165, 1.54) is 10.8 Å². The Hall–Kier alpha value is -2.31. The summed E-state index contributed by atoms with van der Waals surface area (Å²) >= 11 is 1.69. The number of aromatic amines is 1. The molecule has 3 aromatic rings. The molecule has 0 aliphatic heterocycles. The van der Waals surface area contributed by atoms with Crippen molar-refractivity contribution in [2.45, 2.75) is 43.8 Å². The van der Waals surface area contributed by atoms with Gasteiger partial charge in [0.15, 0.2) is 5.69 Å². The van der Waals surface area contributed by atoms with Crippen LogP contribution in [0, 0.1) is 0 Å². The monoisotopic (exact) mass is 384 g/mol. The van der Waals surface area contributed by atoms with E-state index >= 15 is 0 Å². The van der Waals surface area contributed by atoms with Crippen molar-refractivity contribution in [2.24, 2.45) is 0 Å². The average molecular weight is 385 g/mol. The first-order valence-corrected chi connectivity index (χ1v) is 10.1. The number of thioether (sulfide) groups is 1. The maximum Gasteiger partial charge on any atom is 0.358 e. The number of imidazole rings is 1. The SMILES string of the molecule is CCc1nc(C(=O)O[C@H](CCSc2ccc3ccccc3c2)[C@H](C)O)c[nH]1. The van der Waals surface area contributed by atoms with E-state index in [0.717, 1.165) is 22.9 Å². The fourth-order valence-corrected chi connectivity index (χ4v) is 3.75. The highest BCUT2D eigenvalue weighted by Crippen LogP contribution is 2.25. The van der Waals surface area contributed by atoms with Gasteiger partial charge in [0.2, 0.25) is 0 Å². The molecule has 142 valence electrons. The van der Waals surface area contributed by atoms with Gasteiger partial charge in [-0.2, -0.15) is 0 Å². The second-order valence-corrected chi connectivity index (χ2v) is 7.58. The summed E-state index contributed by atoms with van der Waals surface area (Å²) in [5.41, 5.74) is 0.250. The van der Waals surface area contributed by atoms with Crippen LogP contribution in [0.2, 0.25) is 0 Å². The highest BCUT2D eigenvalue weighted by atomic mass is 32.2. The van der Waals surface area contributed by atoms with Gasteiger partial charge < -0.3 is 14.8 Å². The number of esters is 1. The minimum atomic E-state index is -0.740. The van der Waals surface area contributed by atoms with E-state index in [1.54, 1.807) is 24.9 Å². The van der Waals surface area contributed by atoms with Gasteiger partial charge in [0, 0.05) is 23.3 Å². The summed E-state index contributed by atoms with van der Waals surface area (Å²) in [7, 11) is 0. The Morgan fingerprint density at radius 3 is 2.74 bits per heavy atom. The smallest absolute Gasteiger partial charge is 0.358 e. The molecule has 2 aromatic carbocycles. The number of aromatic nitrogens is 2. The van der Waals surface area contributed by atoms with E-state index in [-0.39, 0.29) is 5.69 Å². The molecule has 0 saturated heterocycles. The molecule has 0 saturated carbocycles. The van der Waals surface area contributed by atoms with Gasteiger partial charge in [-0.3, -0.25) is 0 Å². The number of ether oxygens (including phenoxy) is 1. The van der Waals surface area contributed by atoms with Crippen LogP contribution in [0.25, 0.3) is 10.8 Å². The van der Waals surface area contributed by atoms with Crippen molar-refractivity contribution in [3.63, 3.8) is 0 Å². The van der Waals surface area contributed by atoms with Gasteiger partial charge in [-0.1, -0.05) is 37.3 Å². The number of hydrogen-bond acceptors (Lipinski definition) is 5. The second-order valence-electron chi connectivity index (χ2n) is 6.42. The number of benzene rings is 2. The first-order valence-electron chi connectivity index (χ1n) is 9.11. The van der Waals surface area contributed by atoms with Crippen molar-refractivity contribution < 1.29 is 14.6 Å². The first kappa shape index (κ1) is 19.5. The lowest BCUT2D eigenvalue weighted by Crippen LogP contribution is -2.30. The molecule has 27 heavy (non-hydrogen) atoms. The van der Waals surface area contributed by atoms with Crippen molar-refractivity contribution in [3.05, 3.63) is 60.2 Å². The van der Waals surface area contributed by atoms with Crippen LogP contribution in [0.1, 0.15) is 36.6 Å². The number of nitrogens with one attached hydrogen (secondary N) is 1. The van der Waals surface area contributed by atoms with E-state index in [4.69, 9.17) is 4.74 Å². The number of aryl methyl sites for hydroxylation is 1. The van der Waals surface area contributed by atoms with Gasteiger partial charge in [0.05, 0.1) is 6.10 Å². The average Bonchev–Trinajstić information content (AvgIpc) is 3.16. The normalized spacial score (nSPS) is 13.4. The molecule has 0 bridgehead atoms. The van der Waals surface area contributed by atoms with Crippen LogP contribution >= 0.6 is 11.8 Å². The van der Waals surface area contributed by atoms with Crippen molar-refractivity contribution in [3.8, 4) is 0 Å². The van der Waals surface area contributed by atoms with Crippen LogP contribution in [0.5, 0.6) is 0 Å². The molecule has 1 aromatic heterocycles. The molecule has 1 heterocycles. The molecular formula is C21H24N2O3S. The molecule has 0 fully saturated rings. The first-order chi connectivity index (χ1) is 13.1. The van der Waals surface area contributed by atoms with E-state index in [2.05, 4.69) is 40.3 Å². The Kier molecular flexibility index (Phi) is 6.53. The lowest BCUT2D eigenvalue weighted by atomic mass is 10.1. The number of carbonyl (C=O) groups excluding carboxylic acids is 1. The second kappa shape index (κ2) is 9.06. The summed E-state index contributed by atoms with van der Waals surface area (Å²) in [6, 6.07) is 14.6. The third-order valence-electron chi connectivity index (χ3n) is 4.36. The van der Waals surface area contributed by atoms with Gasteiger partial charge in [0.25, 0.3) is 0 Å². The maximum absolute atomic E-state index is 12.2. The van der Waals surface area contributed by atoms with E-state index < -0.39 is 18.2 Å². The Balaban J connectivity index is 1.56. The van der Waals surface area contributed by atoms with Crippen LogP contribution in [0.15, 0.2) is 53.6 Å². The zero-order valence-corrected chi connectivity index (χ0v) is 16.3. The van der Waals surface area contributed by atoms with Gasteiger partial charge in [-0.25, -0.2) is 9.78 Å². The Morgan fingerprint density at radius 2 is 2.04 bits per heavy atom. The van der Waals surface area contributed by atoms with Crippen LogP contribution in [0.4, 0.5) is 0 Å². The summed E-state index contributed by atoms with van der Waals surface area (Å²) in [4.78, 5) is 20.5. The fraction of sp³-hybridized carbons (Fsp3) is 0.333. The molecule has 0 aliphatic rings. The minimum Gasteiger partial charge on any atom is -0.455 e. The summed E-state index contributed by atoms with van der Waals surface area (Å²) in [6.07, 6.45) is 1.52. The summed E-state index contributed by atoms with van der Waals surface area (Å²) < 4.78 is 5.48. The number of aliphatic hydroxyl groups excluding tert-OH is 1. The predicted octanol–water partition coefficient (Wildman–Crippen LogP) is 4.21. The number of carbonyl (C=O) groups is 1. The summed E-state index contributed by atoms with van der Waals surface area (Å²) in [5, 5.41) is 12.4. The zero-order valence-electron chi connectivity index (χ0n) is 15.5. The summed E-state index contributed by atoms with van der Waals surface area (Å²) in [6.45, 7) is 3.59. The molecule has 0 amide bonds. The zero-order chi connectivity index (χ0) is 19.2. The number of fused-ring (bicyclic) bond motifs is 1. The quantitative estimate of drug-likeness (QED) is 0.449. The number of H-pyrrole nitrogens is 1. The highest BCUT2D eigenvalue weighted by molar-refractivity contribution is 7.99. The lowest BCUT2D eigenvalue weighted by molar-refractivity contribution is -0.0134. The molecule has 3 rings (SSSR count). The van der Waals surface area contributed by atoms with Gasteiger partial charge in [0.1, 0.15) is 11.9 Å².